The Morgan fingerprint density at radius 3 is 2.63 bits per heavy atom. The van der Waals surface area contributed by atoms with Gasteiger partial charge in [-0.05, 0) is 30.5 Å². The van der Waals surface area contributed by atoms with Crippen molar-refractivity contribution in [2.24, 2.45) is 0 Å². The molecule has 4 nitrogen and oxygen atoms in total. The minimum atomic E-state index is -0.198. The molecule has 1 aromatic heterocycles. The molecule has 2 rings (SSSR count). The van der Waals surface area contributed by atoms with Crippen LogP contribution in [0.5, 0.6) is 0 Å². The molecule has 0 aliphatic carbocycles. The number of hydrogen-bond donors (Lipinski definition) is 1. The SMILES string of the molecule is CCc1ccc(C=CC(=O)Nc2nnc(C)s2)cc1. The van der Waals surface area contributed by atoms with Crippen molar-refractivity contribution >= 4 is 28.5 Å². The Kier molecular flexibility index (Phi) is 4.41. The number of aromatic nitrogens is 2. The van der Waals surface area contributed by atoms with Crippen molar-refractivity contribution in [3.63, 3.8) is 0 Å². The Morgan fingerprint density at radius 2 is 2.05 bits per heavy atom. The monoisotopic (exact) mass is 273 g/mol. The molecule has 0 radical (unpaired) electrons. The summed E-state index contributed by atoms with van der Waals surface area (Å²) in [5.74, 6) is -0.198. The van der Waals surface area contributed by atoms with E-state index in [1.165, 1.54) is 23.0 Å². The van der Waals surface area contributed by atoms with Crippen LogP contribution in [-0.4, -0.2) is 16.1 Å². The summed E-state index contributed by atoms with van der Waals surface area (Å²) in [6, 6.07) is 8.12. The third-order valence-electron chi connectivity index (χ3n) is 2.57. The smallest absolute Gasteiger partial charge is 0.250 e. The van der Waals surface area contributed by atoms with Crippen molar-refractivity contribution in [1.29, 1.82) is 0 Å². The summed E-state index contributed by atoms with van der Waals surface area (Å²) in [6.07, 6.45) is 4.29. The number of amides is 1. The number of nitrogens with one attached hydrogen (secondary N) is 1. The number of benzene rings is 1. The second-order valence-electron chi connectivity index (χ2n) is 4.04. The van der Waals surface area contributed by atoms with Gasteiger partial charge in [-0.15, -0.1) is 10.2 Å². The van der Waals surface area contributed by atoms with Gasteiger partial charge in [-0.25, -0.2) is 0 Å². The Bertz CT molecular complexity index is 587. The zero-order chi connectivity index (χ0) is 13.7. The predicted octanol–water partition coefficient (Wildman–Crippen LogP) is 3.06. The van der Waals surface area contributed by atoms with E-state index >= 15 is 0 Å². The van der Waals surface area contributed by atoms with Gasteiger partial charge >= 0.3 is 0 Å². The Hall–Kier alpha value is -2.01. The summed E-state index contributed by atoms with van der Waals surface area (Å²) in [7, 11) is 0. The van der Waals surface area contributed by atoms with Gasteiger partial charge < -0.3 is 0 Å². The minimum absolute atomic E-state index is 0.198. The minimum Gasteiger partial charge on any atom is -0.297 e. The molecular weight excluding hydrogens is 258 g/mol. The first-order valence-corrected chi connectivity index (χ1v) is 6.87. The maximum atomic E-state index is 11.7. The number of aryl methyl sites for hydroxylation is 2. The molecular formula is C14H15N3OS. The van der Waals surface area contributed by atoms with E-state index in [0.29, 0.717) is 5.13 Å². The normalized spacial score (nSPS) is 10.8. The molecule has 0 unspecified atom stereocenters. The molecule has 1 heterocycles. The van der Waals surface area contributed by atoms with Gasteiger partial charge in [0.2, 0.25) is 11.0 Å². The zero-order valence-electron chi connectivity index (χ0n) is 10.9. The first-order valence-electron chi connectivity index (χ1n) is 6.05. The maximum Gasteiger partial charge on any atom is 0.250 e. The highest BCUT2D eigenvalue weighted by Gasteiger charge is 2.02. The van der Waals surface area contributed by atoms with Crippen LogP contribution in [0.2, 0.25) is 0 Å². The lowest BCUT2D eigenvalue weighted by atomic mass is 10.1. The number of nitrogens with zero attached hydrogens (tertiary/aromatic N) is 2. The van der Waals surface area contributed by atoms with E-state index in [1.54, 1.807) is 6.08 Å². The van der Waals surface area contributed by atoms with E-state index in [2.05, 4.69) is 34.6 Å². The van der Waals surface area contributed by atoms with Crippen LogP contribution in [0, 0.1) is 6.92 Å². The zero-order valence-corrected chi connectivity index (χ0v) is 11.7. The van der Waals surface area contributed by atoms with Crippen LogP contribution >= 0.6 is 11.3 Å². The van der Waals surface area contributed by atoms with Crippen LogP contribution in [0.15, 0.2) is 30.3 Å². The molecule has 1 N–H and O–H groups in total. The highest BCUT2D eigenvalue weighted by Crippen LogP contribution is 2.13. The van der Waals surface area contributed by atoms with Gasteiger partial charge in [0.1, 0.15) is 5.01 Å². The van der Waals surface area contributed by atoms with Gasteiger partial charge in [0.15, 0.2) is 0 Å². The second kappa shape index (κ2) is 6.24. The highest BCUT2D eigenvalue weighted by atomic mass is 32.1. The summed E-state index contributed by atoms with van der Waals surface area (Å²) in [6.45, 7) is 3.96. The van der Waals surface area contributed by atoms with E-state index < -0.39 is 0 Å². The lowest BCUT2D eigenvalue weighted by Crippen LogP contribution is -2.07. The fourth-order valence-corrected chi connectivity index (χ4v) is 2.13. The molecule has 2 aromatic rings. The first kappa shape index (κ1) is 13.4. The van der Waals surface area contributed by atoms with E-state index in [9.17, 15) is 4.79 Å². The van der Waals surface area contributed by atoms with Crippen LogP contribution in [0.25, 0.3) is 6.08 Å². The number of rotatable bonds is 4. The number of carbonyl (C=O) groups is 1. The molecule has 19 heavy (non-hydrogen) atoms. The summed E-state index contributed by atoms with van der Waals surface area (Å²) in [4.78, 5) is 11.7. The summed E-state index contributed by atoms with van der Waals surface area (Å²) >= 11 is 1.35. The fraction of sp³-hybridized carbons (Fsp3) is 0.214. The van der Waals surface area contributed by atoms with Crippen molar-refractivity contribution in [3.8, 4) is 0 Å². The van der Waals surface area contributed by atoms with Crippen LogP contribution in [-0.2, 0) is 11.2 Å². The van der Waals surface area contributed by atoms with Gasteiger partial charge in [0, 0.05) is 6.08 Å². The third-order valence-corrected chi connectivity index (χ3v) is 3.33. The van der Waals surface area contributed by atoms with E-state index in [1.807, 2.05) is 19.1 Å². The molecule has 0 bridgehead atoms. The molecule has 0 aliphatic rings. The summed E-state index contributed by atoms with van der Waals surface area (Å²) in [5, 5.41) is 11.7. The molecule has 0 atom stereocenters. The average Bonchev–Trinajstić information content (AvgIpc) is 2.82. The molecule has 1 aromatic carbocycles. The standard InChI is InChI=1S/C14H15N3OS/c1-3-11-4-6-12(7-5-11)8-9-13(18)15-14-17-16-10(2)19-14/h4-9H,3H2,1-2H3,(H,15,17,18). The van der Waals surface area contributed by atoms with Crippen molar-refractivity contribution in [1.82, 2.24) is 10.2 Å². The second-order valence-corrected chi connectivity index (χ2v) is 5.23. The average molecular weight is 273 g/mol. The summed E-state index contributed by atoms with van der Waals surface area (Å²) in [5.41, 5.74) is 2.28. The maximum absolute atomic E-state index is 11.7. The van der Waals surface area contributed by atoms with Gasteiger partial charge in [-0.1, -0.05) is 42.5 Å². The molecule has 0 spiro atoms. The number of carbonyl (C=O) groups excluding carboxylic acids is 1. The lowest BCUT2D eigenvalue weighted by molar-refractivity contribution is -0.111. The van der Waals surface area contributed by atoms with Crippen molar-refractivity contribution in [2.45, 2.75) is 20.3 Å². The summed E-state index contributed by atoms with van der Waals surface area (Å²) < 4.78 is 0. The Morgan fingerprint density at radius 1 is 1.32 bits per heavy atom. The van der Waals surface area contributed by atoms with Gasteiger partial charge in [0.05, 0.1) is 0 Å². The van der Waals surface area contributed by atoms with Gasteiger partial charge in [0.25, 0.3) is 0 Å². The van der Waals surface area contributed by atoms with E-state index in [4.69, 9.17) is 0 Å². The van der Waals surface area contributed by atoms with Crippen LogP contribution in [0.1, 0.15) is 23.1 Å². The number of hydrogen-bond acceptors (Lipinski definition) is 4. The van der Waals surface area contributed by atoms with Crippen molar-refractivity contribution in [3.05, 3.63) is 46.5 Å². The van der Waals surface area contributed by atoms with E-state index in [0.717, 1.165) is 17.0 Å². The third kappa shape index (κ3) is 3.99. The molecule has 0 aliphatic heterocycles. The van der Waals surface area contributed by atoms with Crippen LogP contribution in [0.3, 0.4) is 0 Å². The molecule has 0 saturated heterocycles. The topological polar surface area (TPSA) is 54.9 Å². The molecule has 0 fully saturated rings. The van der Waals surface area contributed by atoms with Gasteiger partial charge in [-0.2, -0.15) is 0 Å². The van der Waals surface area contributed by atoms with Crippen LogP contribution in [0.4, 0.5) is 5.13 Å². The Labute approximate surface area is 116 Å². The predicted molar refractivity (Wildman–Crippen MR) is 78.1 cm³/mol. The van der Waals surface area contributed by atoms with Crippen molar-refractivity contribution in [2.75, 3.05) is 5.32 Å². The molecule has 1 amide bonds. The number of anilines is 1. The highest BCUT2D eigenvalue weighted by molar-refractivity contribution is 7.15. The molecule has 5 heteroatoms. The molecule has 98 valence electrons. The van der Waals surface area contributed by atoms with Gasteiger partial charge in [-0.3, -0.25) is 10.1 Å². The van der Waals surface area contributed by atoms with E-state index in [-0.39, 0.29) is 5.91 Å². The Balaban J connectivity index is 1.95. The largest absolute Gasteiger partial charge is 0.297 e. The van der Waals surface area contributed by atoms with Crippen molar-refractivity contribution < 1.29 is 4.79 Å². The molecule has 0 saturated carbocycles. The van der Waals surface area contributed by atoms with Crippen LogP contribution < -0.4 is 5.32 Å². The first-order chi connectivity index (χ1) is 9.17. The fourth-order valence-electron chi connectivity index (χ4n) is 1.53. The quantitative estimate of drug-likeness (QED) is 0.871. The lowest BCUT2D eigenvalue weighted by Gasteiger charge is -1.97.